The second-order valence-corrected chi connectivity index (χ2v) is 8.68. The molecule has 0 fully saturated rings. The molecule has 0 spiro atoms. The molecule has 3 N–H and O–H groups in total. The molecule has 0 bridgehead atoms. The molecule has 0 unspecified atom stereocenters. The van der Waals surface area contributed by atoms with Crippen molar-refractivity contribution in [2.24, 2.45) is 10.2 Å². The van der Waals surface area contributed by atoms with Crippen LogP contribution in [0.1, 0.15) is 49.3 Å². The standard InChI is InChI=1S/C22H24N4O3.Na/c1-21(2)11-15-18(22(3,4)26-21)17-14(23-15)9-10-16(27)19(17)25-24-13-7-5-12(6-8-13)20(28)29;/h5-10,23,26-27H,11H2,1-4H3,(H,28,29);/q;+1/p-1. The number of H-pyrrole nitrogens is 1. The van der Waals surface area contributed by atoms with E-state index in [9.17, 15) is 9.90 Å². The molecule has 4 rings (SSSR count). The van der Waals surface area contributed by atoms with E-state index in [4.69, 9.17) is 5.11 Å². The summed E-state index contributed by atoms with van der Waals surface area (Å²) in [6, 6.07) is 9.35. The number of fused-ring (bicyclic) bond motifs is 3. The van der Waals surface area contributed by atoms with Crippen molar-refractivity contribution in [2.45, 2.75) is 45.2 Å². The second kappa shape index (κ2) is 7.81. The smallest absolute Gasteiger partial charge is 0.871 e. The summed E-state index contributed by atoms with van der Waals surface area (Å²) in [5.41, 5.74) is 3.51. The molecule has 1 aromatic heterocycles. The van der Waals surface area contributed by atoms with Crippen LogP contribution in [-0.4, -0.2) is 21.6 Å². The molecule has 0 aliphatic carbocycles. The van der Waals surface area contributed by atoms with Gasteiger partial charge in [-0.05, 0) is 58.0 Å². The molecule has 0 radical (unpaired) electrons. The minimum Gasteiger partial charge on any atom is -0.871 e. The van der Waals surface area contributed by atoms with Gasteiger partial charge in [-0.3, -0.25) is 0 Å². The number of benzene rings is 2. The molecule has 3 aromatic rings. The van der Waals surface area contributed by atoms with Gasteiger partial charge in [0.05, 0.1) is 16.9 Å². The summed E-state index contributed by atoms with van der Waals surface area (Å²) < 4.78 is 0. The number of aromatic amines is 1. The number of rotatable bonds is 3. The molecular formula is C22H23N4NaO3. The first-order valence-corrected chi connectivity index (χ1v) is 9.47. The Labute approximate surface area is 196 Å². The molecule has 8 heteroatoms. The molecule has 2 aromatic carbocycles. The van der Waals surface area contributed by atoms with E-state index < -0.39 is 5.97 Å². The number of aromatic carboxylic acids is 1. The zero-order valence-corrected chi connectivity index (χ0v) is 19.8. The van der Waals surface area contributed by atoms with Crippen LogP contribution >= 0.6 is 0 Å². The first-order valence-electron chi connectivity index (χ1n) is 9.47. The van der Waals surface area contributed by atoms with E-state index in [2.05, 4.69) is 48.2 Å². The van der Waals surface area contributed by atoms with Gasteiger partial charge in [0.25, 0.3) is 0 Å². The summed E-state index contributed by atoms with van der Waals surface area (Å²) >= 11 is 0. The molecule has 0 saturated carbocycles. The minimum absolute atomic E-state index is 0. The van der Waals surface area contributed by atoms with Gasteiger partial charge in [0, 0.05) is 39.7 Å². The minimum atomic E-state index is -1.00. The molecule has 0 amide bonds. The topological polar surface area (TPSA) is 113 Å². The van der Waals surface area contributed by atoms with Gasteiger partial charge in [0.2, 0.25) is 0 Å². The Bertz CT molecular complexity index is 1150. The van der Waals surface area contributed by atoms with Gasteiger partial charge < -0.3 is 20.5 Å². The summed E-state index contributed by atoms with van der Waals surface area (Å²) in [7, 11) is 0. The van der Waals surface area contributed by atoms with Crippen LogP contribution in [0.5, 0.6) is 5.75 Å². The Balaban J connectivity index is 0.00000256. The summed E-state index contributed by atoms with van der Waals surface area (Å²) in [4.78, 5) is 14.5. The third-order valence-corrected chi connectivity index (χ3v) is 5.25. The van der Waals surface area contributed by atoms with Crippen LogP contribution in [0.3, 0.4) is 0 Å². The van der Waals surface area contributed by atoms with Crippen molar-refractivity contribution in [1.29, 1.82) is 0 Å². The van der Waals surface area contributed by atoms with Gasteiger partial charge in [-0.2, -0.15) is 10.2 Å². The number of nitrogens with zero attached hydrogens (tertiary/aromatic N) is 2. The first kappa shape index (κ1) is 22.5. The predicted molar refractivity (Wildman–Crippen MR) is 109 cm³/mol. The van der Waals surface area contributed by atoms with E-state index in [-0.39, 0.29) is 57.6 Å². The van der Waals surface area contributed by atoms with Crippen LogP contribution in [0.2, 0.25) is 0 Å². The SMILES string of the molecule is CC1(C)Cc2[nH]c3ccc([O-])c(N=Nc4ccc(C(=O)O)cc4)c3c2C(C)(C)N1.[Na+]. The van der Waals surface area contributed by atoms with Gasteiger partial charge >= 0.3 is 35.5 Å². The van der Waals surface area contributed by atoms with E-state index in [1.54, 1.807) is 18.2 Å². The van der Waals surface area contributed by atoms with Crippen molar-refractivity contribution in [2.75, 3.05) is 0 Å². The molecule has 1 aliphatic rings. The largest absolute Gasteiger partial charge is 1.00 e. The Morgan fingerprint density at radius 3 is 2.37 bits per heavy atom. The molecule has 150 valence electrons. The summed E-state index contributed by atoms with van der Waals surface area (Å²) in [5.74, 6) is -1.21. The second-order valence-electron chi connectivity index (χ2n) is 8.68. The van der Waals surface area contributed by atoms with Crippen LogP contribution in [0.25, 0.3) is 10.9 Å². The number of carboxylic acid groups (broad SMARTS) is 1. The van der Waals surface area contributed by atoms with E-state index in [1.165, 1.54) is 18.2 Å². The average molecular weight is 414 g/mol. The monoisotopic (exact) mass is 414 g/mol. The van der Waals surface area contributed by atoms with Crippen LogP contribution in [-0.2, 0) is 12.0 Å². The Morgan fingerprint density at radius 2 is 1.73 bits per heavy atom. The van der Waals surface area contributed by atoms with E-state index in [1.807, 2.05) is 0 Å². The number of hydrogen-bond acceptors (Lipinski definition) is 5. The number of azo groups is 1. The maximum atomic E-state index is 12.7. The van der Waals surface area contributed by atoms with Crippen molar-refractivity contribution in [1.82, 2.24) is 10.3 Å². The quantitative estimate of drug-likeness (QED) is 0.445. The van der Waals surface area contributed by atoms with Gasteiger partial charge in [0.1, 0.15) is 0 Å². The summed E-state index contributed by atoms with van der Waals surface area (Å²) in [5, 5.41) is 34.6. The molecule has 0 saturated heterocycles. The Kier molecular flexibility index (Phi) is 5.86. The fraction of sp³-hybridized carbons (Fsp3) is 0.318. The number of nitrogens with one attached hydrogen (secondary N) is 2. The van der Waals surface area contributed by atoms with Crippen molar-refractivity contribution in [3.05, 3.63) is 53.2 Å². The van der Waals surface area contributed by atoms with Crippen molar-refractivity contribution < 1.29 is 44.6 Å². The third-order valence-electron chi connectivity index (χ3n) is 5.25. The zero-order chi connectivity index (χ0) is 21.0. The molecule has 2 heterocycles. The summed E-state index contributed by atoms with van der Waals surface area (Å²) in [6.45, 7) is 8.51. The zero-order valence-electron chi connectivity index (χ0n) is 17.8. The fourth-order valence-electron chi connectivity index (χ4n) is 4.40. The molecule has 0 atom stereocenters. The van der Waals surface area contributed by atoms with Crippen LogP contribution < -0.4 is 40.0 Å². The Hall–Kier alpha value is -2.19. The molecule has 7 nitrogen and oxygen atoms in total. The molecule has 30 heavy (non-hydrogen) atoms. The van der Waals surface area contributed by atoms with Crippen LogP contribution in [0, 0.1) is 0 Å². The van der Waals surface area contributed by atoms with Crippen LogP contribution in [0.4, 0.5) is 11.4 Å². The Morgan fingerprint density at radius 1 is 1.07 bits per heavy atom. The van der Waals surface area contributed by atoms with Crippen LogP contribution in [0.15, 0.2) is 46.6 Å². The molecule has 1 aliphatic heterocycles. The number of aromatic nitrogens is 1. The van der Waals surface area contributed by atoms with Gasteiger partial charge in [-0.15, -0.1) is 0 Å². The average Bonchev–Trinajstić information content (AvgIpc) is 2.98. The maximum absolute atomic E-state index is 12.7. The predicted octanol–water partition coefficient (Wildman–Crippen LogP) is 1.52. The van der Waals surface area contributed by atoms with Gasteiger partial charge in [-0.25, -0.2) is 4.79 Å². The fourth-order valence-corrected chi connectivity index (χ4v) is 4.40. The van der Waals surface area contributed by atoms with Gasteiger partial charge in [0.15, 0.2) is 0 Å². The third kappa shape index (κ3) is 4.03. The normalized spacial score (nSPS) is 16.9. The van der Waals surface area contributed by atoms with Gasteiger partial charge in [-0.1, -0.05) is 11.8 Å². The van der Waals surface area contributed by atoms with Crippen molar-refractivity contribution in [3.63, 3.8) is 0 Å². The maximum Gasteiger partial charge on any atom is 1.00 e. The van der Waals surface area contributed by atoms with Crippen molar-refractivity contribution >= 4 is 28.2 Å². The first-order chi connectivity index (χ1) is 13.6. The van der Waals surface area contributed by atoms with E-state index in [0.717, 1.165) is 28.6 Å². The van der Waals surface area contributed by atoms with E-state index >= 15 is 0 Å². The number of carboxylic acids is 1. The molecular weight excluding hydrogens is 391 g/mol. The number of carbonyl (C=O) groups is 1. The number of hydrogen-bond donors (Lipinski definition) is 3. The summed E-state index contributed by atoms with van der Waals surface area (Å²) in [6.07, 6.45) is 0.807. The van der Waals surface area contributed by atoms with E-state index in [0.29, 0.717) is 5.69 Å². The van der Waals surface area contributed by atoms with Crippen molar-refractivity contribution in [3.8, 4) is 5.75 Å².